The van der Waals surface area contributed by atoms with Gasteiger partial charge in [-0.25, -0.2) is 9.09 Å². The average molecular weight is 137 g/mol. The molecule has 0 spiro atoms. The van der Waals surface area contributed by atoms with Crippen LogP contribution in [0.4, 0.5) is 0 Å². The molecule has 0 aromatic rings. The Morgan fingerprint density at radius 1 is 1.88 bits per heavy atom. The maximum absolute atomic E-state index is 9.84. The zero-order valence-corrected chi connectivity index (χ0v) is 5.17. The van der Waals surface area contributed by atoms with E-state index in [1.54, 1.807) is 6.92 Å². The second-order valence-electron chi connectivity index (χ2n) is 1.55. The van der Waals surface area contributed by atoms with Crippen molar-refractivity contribution < 1.29 is 18.7 Å². The van der Waals surface area contributed by atoms with E-state index in [1.807, 2.05) is 0 Å². The Morgan fingerprint density at radius 2 is 2.38 bits per heavy atom. The molecule has 3 atom stereocenters. The Labute approximate surface area is 47.4 Å². The van der Waals surface area contributed by atoms with E-state index in [0.717, 1.165) is 0 Å². The molecule has 1 aliphatic rings. The summed E-state index contributed by atoms with van der Waals surface area (Å²) in [6.45, 7) is 1.77. The predicted octanol–water partition coefficient (Wildman–Crippen LogP) is 0.397. The van der Waals surface area contributed by atoms with Gasteiger partial charge < -0.3 is 4.74 Å². The number of hydrogen-bond donors (Lipinski definition) is 1. The van der Waals surface area contributed by atoms with Crippen molar-refractivity contribution >= 4 is 8.25 Å². The maximum atomic E-state index is 9.84. The monoisotopic (exact) mass is 137 g/mol. The third kappa shape index (κ3) is 1.49. The van der Waals surface area contributed by atoms with Gasteiger partial charge in [0.15, 0.2) is 6.29 Å². The van der Waals surface area contributed by atoms with Crippen molar-refractivity contribution in [2.45, 2.75) is 19.3 Å². The Balaban J connectivity index is 2.14. The fourth-order valence-corrected chi connectivity index (χ4v) is 0.764. The molecule has 0 aromatic carbocycles. The van der Waals surface area contributed by atoms with Gasteiger partial charge in [-0.15, -0.1) is 0 Å². The van der Waals surface area contributed by atoms with Crippen molar-refractivity contribution in [3.63, 3.8) is 0 Å². The van der Waals surface area contributed by atoms with Crippen molar-refractivity contribution in [1.82, 2.24) is 0 Å². The highest BCUT2D eigenvalue weighted by Crippen LogP contribution is 2.31. The van der Waals surface area contributed by atoms with E-state index in [9.17, 15) is 4.57 Å². The number of epoxide rings is 1. The van der Waals surface area contributed by atoms with E-state index in [4.69, 9.17) is 4.89 Å². The molecule has 5 heteroatoms. The second kappa shape index (κ2) is 2.07. The summed E-state index contributed by atoms with van der Waals surface area (Å²) in [6, 6.07) is 0. The van der Waals surface area contributed by atoms with Crippen molar-refractivity contribution in [3.8, 4) is 0 Å². The van der Waals surface area contributed by atoms with Gasteiger partial charge in [-0.2, -0.15) is 0 Å². The van der Waals surface area contributed by atoms with Gasteiger partial charge >= 0.3 is 8.25 Å². The molecule has 0 amide bonds. The smallest absolute Gasteiger partial charge is 0.341 e. The minimum Gasteiger partial charge on any atom is -0.341 e. The standard InChI is InChI=1S/C3H6O4P/c1-2-3(6-2)7-8(4)5/h2-3H,1H3,(H,4,5)/t2-,3+/m1/s1. The van der Waals surface area contributed by atoms with Crippen LogP contribution in [0.15, 0.2) is 0 Å². The zero-order chi connectivity index (χ0) is 6.15. The van der Waals surface area contributed by atoms with Crippen LogP contribution in [-0.2, 0) is 13.8 Å². The number of ether oxygens (including phenoxy) is 1. The summed E-state index contributed by atoms with van der Waals surface area (Å²) in [7, 11) is -2.48. The summed E-state index contributed by atoms with van der Waals surface area (Å²) < 4.78 is 18.8. The highest BCUT2D eigenvalue weighted by atomic mass is 31.1. The zero-order valence-electron chi connectivity index (χ0n) is 4.27. The molecule has 1 aliphatic heterocycles. The Hall–Kier alpha value is -0.0200. The van der Waals surface area contributed by atoms with E-state index in [1.165, 1.54) is 0 Å². The Morgan fingerprint density at radius 3 is 2.50 bits per heavy atom. The second-order valence-corrected chi connectivity index (χ2v) is 2.24. The SMILES string of the molecule is C[C@H]1O[C@H]1O[P](=O)O. The average Bonchev–Trinajstić information content (AvgIpc) is 2.17. The molecule has 4 nitrogen and oxygen atoms in total. The molecule has 0 bridgehead atoms. The van der Waals surface area contributed by atoms with Crippen molar-refractivity contribution in [2.24, 2.45) is 0 Å². The minimum atomic E-state index is -2.48. The summed E-state index contributed by atoms with van der Waals surface area (Å²) in [4.78, 5) is 8.09. The molecule has 1 rings (SSSR count). The normalized spacial score (nSPS) is 37.0. The van der Waals surface area contributed by atoms with Crippen LogP contribution in [-0.4, -0.2) is 17.3 Å². The summed E-state index contributed by atoms with van der Waals surface area (Å²) in [5.74, 6) is 0. The molecule has 0 aromatic heterocycles. The van der Waals surface area contributed by atoms with Gasteiger partial charge in [0.1, 0.15) is 6.10 Å². The molecule has 1 N–H and O–H groups in total. The highest BCUT2D eigenvalue weighted by molar-refractivity contribution is 7.32. The van der Waals surface area contributed by atoms with E-state index < -0.39 is 14.5 Å². The first kappa shape index (κ1) is 6.11. The van der Waals surface area contributed by atoms with E-state index in [2.05, 4.69) is 9.26 Å². The maximum Gasteiger partial charge on any atom is 0.368 e. The van der Waals surface area contributed by atoms with Gasteiger partial charge in [0.25, 0.3) is 0 Å². The molecule has 1 radical (unpaired) electrons. The van der Waals surface area contributed by atoms with Gasteiger partial charge in [-0.05, 0) is 6.92 Å². The van der Waals surface area contributed by atoms with Crippen LogP contribution in [0.5, 0.6) is 0 Å². The van der Waals surface area contributed by atoms with Crippen LogP contribution in [0.25, 0.3) is 0 Å². The molecule has 8 heavy (non-hydrogen) atoms. The van der Waals surface area contributed by atoms with E-state index in [-0.39, 0.29) is 6.10 Å². The largest absolute Gasteiger partial charge is 0.368 e. The Bertz CT molecular complexity index is 114. The minimum absolute atomic E-state index is 0.0129. The number of rotatable bonds is 2. The lowest BCUT2D eigenvalue weighted by Gasteiger charge is -1.85. The van der Waals surface area contributed by atoms with Crippen LogP contribution in [0.2, 0.25) is 0 Å². The molecule has 1 heterocycles. The summed E-state index contributed by atoms with van der Waals surface area (Å²) >= 11 is 0. The quantitative estimate of drug-likeness (QED) is 0.442. The summed E-state index contributed by atoms with van der Waals surface area (Å²) in [5, 5.41) is 0. The van der Waals surface area contributed by atoms with Crippen LogP contribution in [0.1, 0.15) is 6.92 Å². The lowest BCUT2D eigenvalue weighted by Crippen LogP contribution is -1.87. The molecule has 0 saturated carbocycles. The highest BCUT2D eigenvalue weighted by Gasteiger charge is 2.37. The van der Waals surface area contributed by atoms with Crippen LogP contribution in [0.3, 0.4) is 0 Å². The lowest BCUT2D eigenvalue weighted by atomic mass is 10.5. The summed E-state index contributed by atoms with van der Waals surface area (Å²) in [6.07, 6.45) is -0.454. The molecule has 0 aliphatic carbocycles. The molecular weight excluding hydrogens is 131 g/mol. The van der Waals surface area contributed by atoms with Crippen molar-refractivity contribution in [2.75, 3.05) is 0 Å². The third-order valence-corrected chi connectivity index (χ3v) is 1.24. The van der Waals surface area contributed by atoms with Gasteiger partial charge in [0.2, 0.25) is 0 Å². The van der Waals surface area contributed by atoms with Crippen LogP contribution < -0.4 is 0 Å². The molecule has 1 saturated heterocycles. The van der Waals surface area contributed by atoms with Gasteiger partial charge in [-0.1, -0.05) is 0 Å². The van der Waals surface area contributed by atoms with E-state index >= 15 is 0 Å². The van der Waals surface area contributed by atoms with Gasteiger partial charge in [0, 0.05) is 0 Å². The predicted molar refractivity (Wildman–Crippen MR) is 25.2 cm³/mol. The van der Waals surface area contributed by atoms with Gasteiger partial charge in [-0.3, -0.25) is 4.89 Å². The fourth-order valence-electron chi connectivity index (χ4n) is 0.366. The first-order chi connectivity index (χ1) is 3.70. The van der Waals surface area contributed by atoms with Crippen molar-refractivity contribution in [1.29, 1.82) is 0 Å². The molecule has 1 fully saturated rings. The van der Waals surface area contributed by atoms with Crippen molar-refractivity contribution in [3.05, 3.63) is 0 Å². The first-order valence-electron chi connectivity index (χ1n) is 2.18. The fraction of sp³-hybridized carbons (Fsp3) is 1.00. The Kier molecular flexibility index (Phi) is 1.58. The lowest BCUT2D eigenvalue weighted by molar-refractivity contribution is 0.169. The summed E-state index contributed by atoms with van der Waals surface area (Å²) in [5.41, 5.74) is 0. The molecule has 47 valence electrons. The molecule has 1 unspecified atom stereocenters. The van der Waals surface area contributed by atoms with Crippen LogP contribution >= 0.6 is 8.25 Å². The van der Waals surface area contributed by atoms with Crippen LogP contribution in [0, 0.1) is 0 Å². The molecular formula is C3H6O4P. The third-order valence-electron chi connectivity index (χ3n) is 0.850. The topological polar surface area (TPSA) is 59.1 Å². The first-order valence-corrected chi connectivity index (χ1v) is 3.31. The van der Waals surface area contributed by atoms with Gasteiger partial charge in [0.05, 0.1) is 0 Å². The van der Waals surface area contributed by atoms with E-state index in [0.29, 0.717) is 0 Å². The number of hydrogen-bond acceptors (Lipinski definition) is 3.